The SMILES string of the molecule is C=CC(=O)C[N+](C)(C)CC.CCl. The van der Waals surface area contributed by atoms with Crippen LogP contribution in [0.1, 0.15) is 6.92 Å². The van der Waals surface area contributed by atoms with Crippen LogP contribution < -0.4 is 0 Å². The lowest BCUT2D eigenvalue weighted by atomic mass is 10.3. The fourth-order valence-corrected chi connectivity index (χ4v) is 0.598. The number of rotatable bonds is 4. The van der Waals surface area contributed by atoms with Gasteiger partial charge in [-0.1, -0.05) is 6.58 Å². The maximum atomic E-state index is 10.9. The molecule has 0 heterocycles. The average Bonchev–Trinajstić information content (AvgIpc) is 2.07. The molecule has 2 nitrogen and oxygen atoms in total. The Labute approximate surface area is 80.4 Å². The molecular weight excluding hydrogens is 174 g/mol. The van der Waals surface area contributed by atoms with E-state index in [0.717, 1.165) is 11.0 Å². The van der Waals surface area contributed by atoms with E-state index in [4.69, 9.17) is 0 Å². The van der Waals surface area contributed by atoms with Crippen LogP contribution in [0.2, 0.25) is 0 Å². The van der Waals surface area contributed by atoms with Gasteiger partial charge in [-0.25, -0.2) is 0 Å². The molecule has 0 saturated heterocycles. The highest BCUT2D eigenvalue weighted by Gasteiger charge is 2.14. The predicted molar refractivity (Wildman–Crippen MR) is 54.5 cm³/mol. The van der Waals surface area contributed by atoms with Gasteiger partial charge in [-0.05, 0) is 13.0 Å². The Balaban J connectivity index is 0. The molecule has 0 amide bonds. The Morgan fingerprint density at radius 2 is 1.92 bits per heavy atom. The monoisotopic (exact) mass is 192 g/mol. The molecular formula is C9H19ClNO+. The summed E-state index contributed by atoms with van der Waals surface area (Å²) in [7, 11) is 4.06. The van der Waals surface area contributed by atoms with Crippen LogP contribution in [0.25, 0.3) is 0 Å². The van der Waals surface area contributed by atoms with E-state index in [-0.39, 0.29) is 5.78 Å². The number of likely N-dealkylation sites (N-methyl/N-ethyl adjacent to an activating group) is 1. The number of halogens is 1. The molecule has 0 saturated carbocycles. The van der Waals surface area contributed by atoms with Crippen LogP contribution in [-0.2, 0) is 4.79 Å². The van der Waals surface area contributed by atoms with Crippen LogP contribution >= 0.6 is 11.6 Å². The number of ketones is 1. The van der Waals surface area contributed by atoms with Crippen LogP contribution in [0.4, 0.5) is 0 Å². The first-order valence-electron chi connectivity index (χ1n) is 3.87. The molecule has 0 atom stereocenters. The molecule has 0 rings (SSSR count). The molecule has 3 heteroatoms. The van der Waals surface area contributed by atoms with Gasteiger partial charge in [-0.2, -0.15) is 0 Å². The van der Waals surface area contributed by atoms with Crippen molar-refractivity contribution in [3.05, 3.63) is 12.7 Å². The summed E-state index contributed by atoms with van der Waals surface area (Å²) in [5, 5.41) is 0. The van der Waals surface area contributed by atoms with Crippen molar-refractivity contribution >= 4 is 17.4 Å². The highest BCUT2D eigenvalue weighted by Crippen LogP contribution is 1.95. The zero-order valence-electron chi connectivity index (χ0n) is 8.43. The number of hydrogen-bond acceptors (Lipinski definition) is 1. The van der Waals surface area contributed by atoms with Gasteiger partial charge in [-0.15, -0.1) is 11.6 Å². The van der Waals surface area contributed by atoms with Gasteiger partial charge >= 0.3 is 0 Å². The second-order valence-electron chi connectivity index (χ2n) is 3.08. The van der Waals surface area contributed by atoms with E-state index in [1.807, 2.05) is 14.1 Å². The minimum atomic E-state index is 0.117. The van der Waals surface area contributed by atoms with Crippen molar-refractivity contribution in [2.24, 2.45) is 0 Å². The Morgan fingerprint density at radius 3 is 2.17 bits per heavy atom. The maximum absolute atomic E-state index is 10.9. The standard InChI is InChI=1S/C8H16NO.CH3Cl/c1-5-8(10)7-9(3,4)6-2;1-2/h5H,1,6-7H2,2-4H3;1H3/q+1;. The molecule has 0 aromatic rings. The highest BCUT2D eigenvalue weighted by atomic mass is 35.5. The van der Waals surface area contributed by atoms with Crippen LogP contribution in [0, 0.1) is 0 Å². The third-order valence-corrected chi connectivity index (χ3v) is 1.67. The van der Waals surface area contributed by atoms with E-state index in [2.05, 4.69) is 25.1 Å². The van der Waals surface area contributed by atoms with Crippen molar-refractivity contribution in [1.29, 1.82) is 0 Å². The first-order valence-corrected chi connectivity index (χ1v) is 4.62. The Bertz CT molecular complexity index is 143. The molecule has 0 aliphatic heterocycles. The normalized spacial score (nSPS) is 9.75. The van der Waals surface area contributed by atoms with E-state index in [1.165, 1.54) is 12.5 Å². The quantitative estimate of drug-likeness (QED) is 0.377. The number of carbonyl (C=O) groups excluding carboxylic acids is 1. The fraction of sp³-hybridized carbons (Fsp3) is 0.667. The summed E-state index contributed by atoms with van der Waals surface area (Å²) < 4.78 is 0.741. The van der Waals surface area contributed by atoms with Crippen molar-refractivity contribution in [3.8, 4) is 0 Å². The summed E-state index contributed by atoms with van der Waals surface area (Å²) in [6.45, 7) is 7.01. The Hall–Kier alpha value is -0.340. The molecule has 0 unspecified atom stereocenters. The van der Waals surface area contributed by atoms with Crippen molar-refractivity contribution in [2.75, 3.05) is 33.6 Å². The van der Waals surface area contributed by atoms with Gasteiger partial charge in [0.2, 0.25) is 5.78 Å². The molecule has 0 aromatic carbocycles. The smallest absolute Gasteiger partial charge is 0.209 e. The van der Waals surface area contributed by atoms with Gasteiger partial charge in [0.25, 0.3) is 0 Å². The number of hydrogen-bond donors (Lipinski definition) is 0. The van der Waals surface area contributed by atoms with Crippen LogP contribution in [0.5, 0.6) is 0 Å². The summed E-state index contributed by atoms with van der Waals surface area (Å²) in [5.74, 6) is 0.117. The zero-order chi connectivity index (χ0) is 10.2. The molecule has 0 radical (unpaired) electrons. The Kier molecular flexibility index (Phi) is 8.66. The van der Waals surface area contributed by atoms with E-state index in [9.17, 15) is 4.79 Å². The molecule has 0 aliphatic carbocycles. The van der Waals surface area contributed by atoms with Gasteiger partial charge < -0.3 is 4.48 Å². The van der Waals surface area contributed by atoms with Gasteiger partial charge in [-0.3, -0.25) is 4.79 Å². The molecule has 72 valence electrons. The van der Waals surface area contributed by atoms with Gasteiger partial charge in [0.05, 0.1) is 20.6 Å². The summed E-state index contributed by atoms with van der Waals surface area (Å²) in [6.07, 6.45) is 2.86. The Morgan fingerprint density at radius 1 is 1.50 bits per heavy atom. The largest absolute Gasteiger partial charge is 0.322 e. The second kappa shape index (κ2) is 7.32. The fourth-order valence-electron chi connectivity index (χ4n) is 0.598. The minimum absolute atomic E-state index is 0.117. The van der Waals surface area contributed by atoms with E-state index >= 15 is 0 Å². The number of alkyl halides is 1. The van der Waals surface area contributed by atoms with Crippen LogP contribution in [0.3, 0.4) is 0 Å². The molecule has 12 heavy (non-hydrogen) atoms. The highest BCUT2D eigenvalue weighted by molar-refractivity contribution is 6.15. The first-order chi connectivity index (χ1) is 5.52. The summed E-state index contributed by atoms with van der Waals surface area (Å²) in [4.78, 5) is 10.9. The van der Waals surface area contributed by atoms with Crippen LogP contribution in [-0.4, -0.2) is 43.8 Å². The summed E-state index contributed by atoms with van der Waals surface area (Å²) in [6, 6.07) is 0. The third kappa shape index (κ3) is 7.76. The lowest BCUT2D eigenvalue weighted by molar-refractivity contribution is -0.880. The van der Waals surface area contributed by atoms with Crippen molar-refractivity contribution in [2.45, 2.75) is 6.92 Å². The molecule has 0 spiro atoms. The van der Waals surface area contributed by atoms with Gasteiger partial charge in [0, 0.05) is 6.38 Å². The van der Waals surface area contributed by atoms with Gasteiger partial charge in [0.1, 0.15) is 6.54 Å². The van der Waals surface area contributed by atoms with Crippen molar-refractivity contribution in [1.82, 2.24) is 0 Å². The van der Waals surface area contributed by atoms with Gasteiger partial charge in [0.15, 0.2) is 0 Å². The summed E-state index contributed by atoms with van der Waals surface area (Å²) in [5.41, 5.74) is 0. The van der Waals surface area contributed by atoms with Crippen LogP contribution in [0.15, 0.2) is 12.7 Å². The molecule has 0 bridgehead atoms. The second-order valence-corrected chi connectivity index (χ2v) is 3.08. The molecule has 0 fully saturated rings. The zero-order valence-corrected chi connectivity index (χ0v) is 9.19. The van der Waals surface area contributed by atoms with Crippen molar-refractivity contribution < 1.29 is 9.28 Å². The van der Waals surface area contributed by atoms with E-state index in [1.54, 1.807) is 0 Å². The molecule has 0 aromatic heterocycles. The number of carbonyl (C=O) groups is 1. The lowest BCUT2D eigenvalue weighted by Crippen LogP contribution is -2.42. The predicted octanol–water partition coefficient (Wildman–Crippen LogP) is 1.69. The van der Waals surface area contributed by atoms with Crippen molar-refractivity contribution in [3.63, 3.8) is 0 Å². The third-order valence-electron chi connectivity index (χ3n) is 1.67. The number of nitrogens with zero attached hydrogens (tertiary/aromatic N) is 1. The number of quaternary nitrogens is 1. The lowest BCUT2D eigenvalue weighted by Gasteiger charge is -2.26. The maximum Gasteiger partial charge on any atom is 0.209 e. The summed E-state index contributed by atoms with van der Waals surface area (Å²) >= 11 is 4.64. The molecule has 0 N–H and O–H groups in total. The van der Waals surface area contributed by atoms with E-state index in [0.29, 0.717) is 6.54 Å². The first kappa shape index (κ1) is 14.2. The topological polar surface area (TPSA) is 17.1 Å². The minimum Gasteiger partial charge on any atom is -0.322 e. The molecule has 0 aliphatic rings. The van der Waals surface area contributed by atoms with E-state index < -0.39 is 0 Å². The average molecular weight is 193 g/mol.